The molecule has 466 valence electrons. The molecule has 0 spiro atoms. The van der Waals surface area contributed by atoms with E-state index in [1.807, 2.05) is 0 Å². The summed E-state index contributed by atoms with van der Waals surface area (Å²) in [7, 11) is 1.33. The summed E-state index contributed by atoms with van der Waals surface area (Å²) in [5.41, 5.74) is -0.515. The number of aromatic nitrogens is 4. The summed E-state index contributed by atoms with van der Waals surface area (Å²) >= 11 is 0. The molecule has 0 aliphatic carbocycles. The Morgan fingerprint density at radius 2 is 0.898 bits per heavy atom. The van der Waals surface area contributed by atoms with Crippen LogP contribution < -0.4 is 40.5 Å². The fraction of sp³-hybridized carbons (Fsp3) is 0.280. The summed E-state index contributed by atoms with van der Waals surface area (Å²) in [6.45, 7) is -5.55. The lowest BCUT2D eigenvalue weighted by Crippen LogP contribution is -2.69. The Hall–Kier alpha value is -10.4. The van der Waals surface area contributed by atoms with Gasteiger partial charge in [-0.15, -0.1) is 0 Å². The maximum atomic E-state index is 14.5. The van der Waals surface area contributed by atoms with E-state index in [-0.39, 0.29) is 37.6 Å². The van der Waals surface area contributed by atoms with E-state index >= 15 is 0 Å². The van der Waals surface area contributed by atoms with Gasteiger partial charge in [-0.3, -0.25) is 43.5 Å². The maximum Gasteiger partial charge on any atom is 0.291 e. The summed E-state index contributed by atoms with van der Waals surface area (Å²) in [4.78, 5) is 80.6. The molecule has 2 aromatic heterocycles. The predicted molar refractivity (Wildman–Crippen MR) is 279 cm³/mol. The number of β-amino-alcohol motifs (C(OH)–C–C–N with tert-alkyl or cyclic N) is 6. The van der Waals surface area contributed by atoms with Crippen LogP contribution in [-0.2, 0) is 21.2 Å². The largest absolute Gasteiger partial charge is 0.503 e. The van der Waals surface area contributed by atoms with E-state index in [9.17, 15) is 131 Å². The number of anilines is 4. The Bertz CT molecular complexity index is 3960. The summed E-state index contributed by atoms with van der Waals surface area (Å²) in [5, 5.41) is 230. The lowest BCUT2D eigenvalue weighted by Gasteiger charge is -2.47. The van der Waals surface area contributed by atoms with Crippen molar-refractivity contribution in [2.75, 3.05) is 53.0 Å². The SMILES string of the molecule is COc1ccc(-n2nc(C(N)=O)c3c2C(=O)N(c2c(O)c(O)c(N4C(=O)C(O)(O)CC(COc5ccc(-n6nc(C(N)=O)c7c6C(=O)N(c6c(O)c(O)c(N8CC(O)(O)C(O)(O)CC8=O)c(O)c6O)CC7(O)O)cc5)C4(O)O)c(O)c2O)CC3(O)O)cc1. The number of carbonyl (C=O) groups excluding carboxylic acids is 6. The zero-order chi connectivity index (χ0) is 64.9. The molecule has 88 heavy (non-hydrogen) atoms. The van der Waals surface area contributed by atoms with Crippen LogP contribution in [0.4, 0.5) is 22.7 Å². The zero-order valence-electron chi connectivity index (χ0n) is 44.4. The van der Waals surface area contributed by atoms with Crippen molar-refractivity contribution in [2.45, 2.75) is 47.7 Å². The van der Waals surface area contributed by atoms with Gasteiger partial charge in [0.25, 0.3) is 35.4 Å². The second-order valence-electron chi connectivity index (χ2n) is 20.6. The number of fused-ring (bicyclic) bond motifs is 2. The molecular weight excluding hydrogens is 1190 g/mol. The summed E-state index contributed by atoms with van der Waals surface area (Å²) in [6.07, 6.45) is -2.84. The third-order valence-corrected chi connectivity index (χ3v) is 14.9. The predicted octanol–water partition coefficient (Wildman–Crippen LogP) is -6.65. The van der Waals surface area contributed by atoms with Crippen LogP contribution in [0.5, 0.6) is 57.5 Å². The van der Waals surface area contributed by atoms with Gasteiger partial charge in [-0.25, -0.2) is 14.3 Å². The topological polar surface area (TPSA) is 626 Å². The molecule has 6 aromatic rings. The molecule has 0 bridgehead atoms. The maximum absolute atomic E-state index is 14.5. The van der Waals surface area contributed by atoms with E-state index in [0.717, 1.165) is 24.3 Å². The minimum atomic E-state index is -3.87. The van der Waals surface area contributed by atoms with Gasteiger partial charge in [0.15, 0.2) is 57.4 Å². The number of aliphatic hydroxyl groups is 12. The first kappa shape index (κ1) is 60.8. The van der Waals surface area contributed by atoms with Crippen LogP contribution in [0.25, 0.3) is 11.4 Å². The first-order chi connectivity index (χ1) is 40.7. The van der Waals surface area contributed by atoms with Crippen LogP contribution in [0, 0.1) is 5.92 Å². The van der Waals surface area contributed by atoms with Crippen molar-refractivity contribution in [3.05, 3.63) is 82.4 Å². The summed E-state index contributed by atoms with van der Waals surface area (Å²) in [6, 6.07) is 9.41. The molecule has 0 radical (unpaired) electrons. The smallest absolute Gasteiger partial charge is 0.291 e. The molecule has 6 heterocycles. The third kappa shape index (κ3) is 8.98. The molecule has 24 N–H and O–H groups in total. The van der Waals surface area contributed by atoms with Crippen LogP contribution in [0.3, 0.4) is 0 Å². The van der Waals surface area contributed by atoms with Gasteiger partial charge in [0.1, 0.15) is 45.6 Å². The molecule has 4 aromatic carbocycles. The van der Waals surface area contributed by atoms with Gasteiger partial charge >= 0.3 is 0 Å². The number of benzene rings is 4. The summed E-state index contributed by atoms with van der Waals surface area (Å²) in [5.74, 6) is -46.5. The fourth-order valence-electron chi connectivity index (χ4n) is 10.6. The van der Waals surface area contributed by atoms with Crippen molar-refractivity contribution in [1.82, 2.24) is 19.6 Å². The highest BCUT2D eigenvalue weighted by Crippen LogP contribution is 2.60. The van der Waals surface area contributed by atoms with Gasteiger partial charge in [-0.1, -0.05) is 0 Å². The molecule has 4 aliphatic rings. The molecule has 4 aliphatic heterocycles. The Labute approximate surface area is 486 Å². The van der Waals surface area contributed by atoms with E-state index in [1.165, 1.54) is 31.4 Å². The molecule has 1 atom stereocenters. The molecule has 2 saturated heterocycles. The van der Waals surface area contributed by atoms with Crippen LogP contribution in [0.15, 0.2) is 48.5 Å². The number of hydrogen-bond acceptors (Lipinski definition) is 30. The summed E-state index contributed by atoms with van der Waals surface area (Å²) < 4.78 is 12.0. The Morgan fingerprint density at radius 3 is 1.28 bits per heavy atom. The number of amides is 6. The van der Waals surface area contributed by atoms with Gasteiger partial charge < -0.3 is 123 Å². The van der Waals surface area contributed by atoms with Crippen molar-refractivity contribution in [3.8, 4) is 68.9 Å². The van der Waals surface area contributed by atoms with Crippen molar-refractivity contribution >= 4 is 58.2 Å². The normalized spacial score (nSPS) is 19.8. The molecular formula is C50H48N10O28. The molecule has 10 rings (SSSR count). The van der Waals surface area contributed by atoms with E-state index in [1.54, 1.807) is 0 Å². The van der Waals surface area contributed by atoms with Crippen LogP contribution in [0.1, 0.15) is 65.9 Å². The monoisotopic (exact) mass is 1240 g/mol. The number of piperidine rings is 2. The number of nitrogens with zero attached hydrogens (tertiary/aromatic N) is 8. The number of carbonyl (C=O) groups is 6. The van der Waals surface area contributed by atoms with E-state index in [2.05, 4.69) is 10.2 Å². The number of phenolic OH excluding ortho intramolecular Hbond substituents is 8. The lowest BCUT2D eigenvalue weighted by molar-refractivity contribution is -0.354. The Balaban J connectivity index is 0.947. The molecule has 38 heteroatoms. The highest BCUT2D eigenvalue weighted by Gasteiger charge is 2.61. The highest BCUT2D eigenvalue weighted by atomic mass is 16.6. The minimum absolute atomic E-state index is 0.0415. The van der Waals surface area contributed by atoms with Crippen molar-refractivity contribution < 1.29 is 140 Å². The third-order valence-electron chi connectivity index (χ3n) is 14.9. The van der Waals surface area contributed by atoms with Crippen molar-refractivity contribution in [2.24, 2.45) is 17.4 Å². The Kier molecular flexibility index (Phi) is 13.7. The number of rotatable bonds is 12. The number of primary amides is 2. The highest BCUT2D eigenvalue weighted by molar-refractivity contribution is 6.15. The van der Waals surface area contributed by atoms with Crippen LogP contribution >= 0.6 is 0 Å². The minimum Gasteiger partial charge on any atom is -0.503 e. The number of phenols is 8. The van der Waals surface area contributed by atoms with Crippen molar-refractivity contribution in [1.29, 1.82) is 0 Å². The van der Waals surface area contributed by atoms with E-state index in [0.29, 0.717) is 9.36 Å². The Morgan fingerprint density at radius 1 is 0.523 bits per heavy atom. The number of methoxy groups -OCH3 is 1. The molecule has 38 nitrogen and oxygen atoms in total. The van der Waals surface area contributed by atoms with Crippen molar-refractivity contribution in [3.63, 3.8) is 0 Å². The fourth-order valence-corrected chi connectivity index (χ4v) is 10.6. The molecule has 2 fully saturated rings. The van der Waals surface area contributed by atoms with Gasteiger partial charge in [0.05, 0.1) is 68.2 Å². The average molecular weight is 1240 g/mol. The first-order valence-electron chi connectivity index (χ1n) is 25.0. The molecule has 6 amide bonds. The van der Waals surface area contributed by atoms with E-state index in [4.69, 9.17) is 20.9 Å². The second kappa shape index (κ2) is 19.8. The van der Waals surface area contributed by atoms with Gasteiger partial charge in [0.2, 0.25) is 34.8 Å². The number of nitrogens with two attached hydrogens (primary N) is 2. The molecule has 1 unspecified atom stereocenters. The lowest BCUT2D eigenvalue weighted by atomic mass is 9.88. The van der Waals surface area contributed by atoms with Crippen LogP contribution in [-0.4, -0.2) is 214 Å². The quantitative estimate of drug-likeness (QED) is 0.0308. The second-order valence-corrected chi connectivity index (χ2v) is 20.6. The van der Waals surface area contributed by atoms with Crippen LogP contribution in [0.2, 0.25) is 0 Å². The standard InChI is InChI=1S/C50H48N10O28/c1-87-19-6-2-17(3-7-19)59-26-22(24(53-59)40(51)70)47(79,80)14-57(43(26)73)30-36(66)38(68)31(39(69)37(30)67)58-44(74)45(75,76)10-16(50(58,85)86)12-88-20-8-4-18(5-9-20)60-27-23(25(54-60)41(52)71)46(77,78)13-56(42(27)72)29-34(64)32(62)28(33(63)35(29)65)55-15-49(83,84)48(81,82)11-21(55)61/h2-9,16,62-69,75-86H,10-15H2,1H3,(H2,51,70)(H2,52,71). The van der Waals surface area contributed by atoms with E-state index < -0.39 is 223 Å². The first-order valence-corrected chi connectivity index (χ1v) is 25.0. The zero-order valence-corrected chi connectivity index (χ0v) is 44.4. The average Bonchev–Trinajstić information content (AvgIpc) is 1.27. The number of ether oxygens (including phenoxy) is 2. The number of aromatic hydroxyl groups is 8. The van der Waals surface area contributed by atoms with Gasteiger partial charge in [0, 0.05) is 6.42 Å². The molecule has 0 saturated carbocycles. The van der Waals surface area contributed by atoms with Gasteiger partial charge in [-0.2, -0.15) is 10.2 Å². The number of hydrogen-bond donors (Lipinski definition) is 22. The van der Waals surface area contributed by atoms with Gasteiger partial charge in [-0.05, 0) is 48.5 Å².